The van der Waals surface area contributed by atoms with E-state index in [2.05, 4.69) is 53.7 Å². The standard InChI is InChI=1S/C18H25.Zr/c1-7-9-15-10-8-11-16(15)17-13(3)12(2)14(4)18(17,5)6;/h11H,7-9H2,1-6H3;/q-1;. The summed E-state index contributed by atoms with van der Waals surface area (Å²) >= 11 is 0. The van der Waals surface area contributed by atoms with Crippen LogP contribution in [0.4, 0.5) is 0 Å². The van der Waals surface area contributed by atoms with Gasteiger partial charge in [-0.05, 0) is 31.8 Å². The van der Waals surface area contributed by atoms with Crippen LogP contribution in [0.2, 0.25) is 0 Å². The van der Waals surface area contributed by atoms with Crippen LogP contribution in [0.5, 0.6) is 0 Å². The summed E-state index contributed by atoms with van der Waals surface area (Å²) in [5.41, 5.74) is 9.16. The number of hydrogen-bond donors (Lipinski definition) is 0. The van der Waals surface area contributed by atoms with Crippen molar-refractivity contribution in [2.75, 3.05) is 0 Å². The van der Waals surface area contributed by atoms with E-state index < -0.39 is 0 Å². The first-order chi connectivity index (χ1) is 8.41. The molecule has 0 bridgehead atoms. The van der Waals surface area contributed by atoms with Gasteiger partial charge in [0.2, 0.25) is 0 Å². The summed E-state index contributed by atoms with van der Waals surface area (Å²) in [6.45, 7) is 13.8. The Hall–Kier alpha value is -0.157. The van der Waals surface area contributed by atoms with E-state index in [1.54, 1.807) is 5.57 Å². The summed E-state index contributed by atoms with van der Waals surface area (Å²) in [6.07, 6.45) is 9.28. The van der Waals surface area contributed by atoms with Gasteiger partial charge >= 0.3 is 0 Å². The second kappa shape index (κ2) is 6.08. The molecule has 0 N–H and O–H groups in total. The fourth-order valence-electron chi connectivity index (χ4n) is 3.35. The van der Waals surface area contributed by atoms with Crippen LogP contribution in [0.25, 0.3) is 0 Å². The second-order valence-electron chi connectivity index (χ2n) is 6.10. The van der Waals surface area contributed by atoms with Gasteiger partial charge in [-0.15, -0.1) is 12.0 Å². The van der Waals surface area contributed by atoms with E-state index in [9.17, 15) is 0 Å². The zero-order chi connectivity index (χ0) is 13.5. The summed E-state index contributed by atoms with van der Waals surface area (Å²) in [7, 11) is 0. The van der Waals surface area contributed by atoms with Gasteiger partial charge in [0.25, 0.3) is 0 Å². The van der Waals surface area contributed by atoms with Crippen molar-refractivity contribution in [3.63, 3.8) is 0 Å². The zero-order valence-electron chi connectivity index (χ0n) is 13.2. The van der Waals surface area contributed by atoms with E-state index in [-0.39, 0.29) is 31.6 Å². The van der Waals surface area contributed by atoms with Gasteiger partial charge in [-0.3, -0.25) is 6.08 Å². The SMILES string of the molecule is CCCC1=[C-]CC=C1C1=C(C)C(C)=C(C)C1(C)C.[Zr]. The van der Waals surface area contributed by atoms with E-state index in [1.165, 1.54) is 34.3 Å². The maximum absolute atomic E-state index is 3.54. The van der Waals surface area contributed by atoms with Crippen LogP contribution >= 0.6 is 0 Å². The topological polar surface area (TPSA) is 0 Å². The molecule has 19 heavy (non-hydrogen) atoms. The van der Waals surface area contributed by atoms with Crippen LogP contribution in [-0.4, -0.2) is 0 Å². The molecular weight excluding hydrogens is 307 g/mol. The molecule has 0 spiro atoms. The van der Waals surface area contributed by atoms with Gasteiger partial charge < -0.3 is 0 Å². The minimum absolute atomic E-state index is 0. The van der Waals surface area contributed by atoms with Crippen molar-refractivity contribution in [1.82, 2.24) is 0 Å². The van der Waals surface area contributed by atoms with Gasteiger partial charge in [0, 0.05) is 26.2 Å². The molecule has 0 unspecified atom stereocenters. The largest absolute Gasteiger partial charge is 0.269 e. The Balaban J connectivity index is 0.00000180. The van der Waals surface area contributed by atoms with Crippen molar-refractivity contribution in [3.05, 3.63) is 45.6 Å². The van der Waals surface area contributed by atoms with Crippen LogP contribution in [0.15, 0.2) is 39.5 Å². The monoisotopic (exact) mass is 331 g/mol. The average molecular weight is 333 g/mol. The molecule has 102 valence electrons. The molecule has 0 fully saturated rings. The quantitative estimate of drug-likeness (QED) is 0.596. The van der Waals surface area contributed by atoms with Crippen molar-refractivity contribution < 1.29 is 26.2 Å². The first kappa shape index (κ1) is 16.9. The van der Waals surface area contributed by atoms with Gasteiger partial charge in [-0.25, -0.2) is 5.57 Å². The molecular formula is C18H25Zr-. The van der Waals surface area contributed by atoms with Crippen LogP contribution in [0.1, 0.15) is 60.8 Å². The van der Waals surface area contributed by atoms with Gasteiger partial charge in [0.05, 0.1) is 0 Å². The molecule has 2 rings (SSSR count). The molecule has 0 radical (unpaired) electrons. The third kappa shape index (κ3) is 2.68. The molecule has 0 aromatic carbocycles. The summed E-state index contributed by atoms with van der Waals surface area (Å²) in [5.74, 6) is 0. The maximum atomic E-state index is 3.54. The Morgan fingerprint density at radius 1 is 1.16 bits per heavy atom. The Kier molecular flexibility index (Phi) is 5.41. The third-order valence-corrected chi connectivity index (χ3v) is 4.78. The zero-order valence-corrected chi connectivity index (χ0v) is 15.7. The number of hydrogen-bond acceptors (Lipinski definition) is 0. The Bertz CT molecular complexity index is 496. The molecule has 1 heteroatoms. The summed E-state index contributed by atoms with van der Waals surface area (Å²) in [6, 6.07) is 0. The van der Waals surface area contributed by atoms with Crippen LogP contribution in [0.3, 0.4) is 0 Å². The first-order valence-electron chi connectivity index (χ1n) is 7.11. The van der Waals surface area contributed by atoms with Crippen LogP contribution in [-0.2, 0) is 26.2 Å². The molecule has 0 nitrogen and oxygen atoms in total. The van der Waals surface area contributed by atoms with Gasteiger partial charge in [-0.1, -0.05) is 44.8 Å². The fraction of sp³-hybridized carbons (Fsp3) is 0.556. The van der Waals surface area contributed by atoms with E-state index >= 15 is 0 Å². The Morgan fingerprint density at radius 2 is 1.79 bits per heavy atom. The molecule has 2 aliphatic rings. The smallest absolute Gasteiger partial charge is 0 e. The molecule has 0 saturated carbocycles. The van der Waals surface area contributed by atoms with E-state index in [0.29, 0.717) is 0 Å². The molecule has 0 saturated heterocycles. The molecule has 0 heterocycles. The first-order valence-corrected chi connectivity index (χ1v) is 7.11. The predicted octanol–water partition coefficient (Wildman–Crippen LogP) is 5.54. The van der Waals surface area contributed by atoms with Crippen molar-refractivity contribution >= 4 is 0 Å². The van der Waals surface area contributed by atoms with Crippen molar-refractivity contribution in [2.24, 2.45) is 5.41 Å². The predicted molar refractivity (Wildman–Crippen MR) is 79.2 cm³/mol. The Morgan fingerprint density at radius 3 is 2.26 bits per heavy atom. The van der Waals surface area contributed by atoms with Crippen molar-refractivity contribution in [3.8, 4) is 0 Å². The van der Waals surface area contributed by atoms with Crippen LogP contribution in [0, 0.1) is 11.5 Å². The van der Waals surface area contributed by atoms with Crippen molar-refractivity contribution in [2.45, 2.75) is 60.8 Å². The van der Waals surface area contributed by atoms with Gasteiger partial charge in [0.1, 0.15) is 0 Å². The molecule has 0 atom stereocenters. The van der Waals surface area contributed by atoms with E-state index in [4.69, 9.17) is 0 Å². The maximum Gasteiger partial charge on any atom is 0 e. The minimum atomic E-state index is 0. The Labute approximate surface area is 137 Å². The van der Waals surface area contributed by atoms with E-state index in [1.807, 2.05) is 0 Å². The van der Waals surface area contributed by atoms with Gasteiger partial charge in [0.15, 0.2) is 0 Å². The summed E-state index contributed by atoms with van der Waals surface area (Å²) in [5, 5.41) is 0. The molecule has 0 amide bonds. The van der Waals surface area contributed by atoms with Crippen LogP contribution < -0.4 is 0 Å². The minimum Gasteiger partial charge on any atom is -0.269 e. The molecule has 2 aliphatic carbocycles. The van der Waals surface area contributed by atoms with E-state index in [0.717, 1.165) is 12.8 Å². The summed E-state index contributed by atoms with van der Waals surface area (Å²) < 4.78 is 0. The normalized spacial score (nSPS) is 21.6. The fourth-order valence-corrected chi connectivity index (χ4v) is 3.35. The number of rotatable bonds is 3. The number of allylic oxidation sites excluding steroid dienone is 8. The molecule has 0 aromatic heterocycles. The molecule has 0 aliphatic heterocycles. The van der Waals surface area contributed by atoms with Crippen molar-refractivity contribution in [1.29, 1.82) is 0 Å². The summed E-state index contributed by atoms with van der Waals surface area (Å²) in [4.78, 5) is 0. The average Bonchev–Trinajstić information content (AvgIpc) is 2.80. The second-order valence-corrected chi connectivity index (χ2v) is 6.10. The molecule has 0 aromatic rings. The third-order valence-electron chi connectivity index (χ3n) is 4.78. The van der Waals surface area contributed by atoms with Gasteiger partial charge in [-0.2, -0.15) is 11.6 Å².